The standard InChI is InChI=1S/C15H14ClN3O/c1-10-15(16)14(18(2)17-10)8-19-6-5-12-7-11(9-20)3-4-13(12)19/h3-7,9H,8H2,1-2H3. The first kappa shape index (κ1) is 12.9. The number of halogens is 1. The molecule has 20 heavy (non-hydrogen) atoms. The first-order valence-electron chi connectivity index (χ1n) is 6.32. The zero-order chi connectivity index (χ0) is 14.3. The second kappa shape index (κ2) is 4.80. The Labute approximate surface area is 121 Å². The van der Waals surface area contributed by atoms with E-state index < -0.39 is 0 Å². The Hall–Kier alpha value is -2.07. The summed E-state index contributed by atoms with van der Waals surface area (Å²) in [7, 11) is 1.89. The maximum atomic E-state index is 10.8. The topological polar surface area (TPSA) is 39.8 Å². The Kier molecular flexibility index (Phi) is 3.10. The first-order chi connectivity index (χ1) is 9.60. The largest absolute Gasteiger partial charge is 0.341 e. The van der Waals surface area contributed by atoms with Crippen molar-refractivity contribution in [2.24, 2.45) is 7.05 Å². The molecule has 0 saturated carbocycles. The zero-order valence-electron chi connectivity index (χ0n) is 11.3. The highest BCUT2D eigenvalue weighted by atomic mass is 35.5. The lowest BCUT2D eigenvalue weighted by atomic mass is 10.2. The van der Waals surface area contributed by atoms with Crippen molar-refractivity contribution >= 4 is 28.8 Å². The average Bonchev–Trinajstić information content (AvgIpc) is 2.95. The summed E-state index contributed by atoms with van der Waals surface area (Å²) < 4.78 is 3.91. The number of benzene rings is 1. The van der Waals surface area contributed by atoms with Crippen LogP contribution in [0.4, 0.5) is 0 Å². The molecule has 4 nitrogen and oxygen atoms in total. The molecule has 2 heterocycles. The Bertz CT molecular complexity index is 801. The van der Waals surface area contributed by atoms with Gasteiger partial charge in [0, 0.05) is 29.7 Å². The molecule has 5 heteroatoms. The molecular weight excluding hydrogens is 274 g/mol. The van der Waals surface area contributed by atoms with Gasteiger partial charge < -0.3 is 4.57 Å². The van der Waals surface area contributed by atoms with E-state index in [1.165, 1.54) is 0 Å². The smallest absolute Gasteiger partial charge is 0.150 e. The van der Waals surface area contributed by atoms with Gasteiger partial charge in [-0.2, -0.15) is 5.10 Å². The SMILES string of the molecule is Cc1nn(C)c(Cn2ccc3cc(C=O)ccc32)c1Cl. The van der Waals surface area contributed by atoms with E-state index in [2.05, 4.69) is 9.67 Å². The average molecular weight is 288 g/mol. The monoisotopic (exact) mass is 287 g/mol. The number of fused-ring (bicyclic) bond motifs is 1. The normalized spacial score (nSPS) is 11.2. The summed E-state index contributed by atoms with van der Waals surface area (Å²) in [6, 6.07) is 7.66. The van der Waals surface area contributed by atoms with Crippen molar-refractivity contribution in [2.45, 2.75) is 13.5 Å². The van der Waals surface area contributed by atoms with Crippen molar-refractivity contribution < 1.29 is 4.79 Å². The lowest BCUT2D eigenvalue weighted by molar-refractivity contribution is 0.112. The van der Waals surface area contributed by atoms with Gasteiger partial charge in [0.05, 0.1) is 23.0 Å². The minimum atomic E-state index is 0.653. The molecule has 0 aliphatic heterocycles. The Morgan fingerprint density at radius 1 is 1.35 bits per heavy atom. The van der Waals surface area contributed by atoms with Crippen LogP contribution in [-0.2, 0) is 13.6 Å². The second-order valence-electron chi connectivity index (χ2n) is 4.85. The summed E-state index contributed by atoms with van der Waals surface area (Å²) in [6.07, 6.45) is 2.86. The molecule has 1 aromatic carbocycles. The molecule has 0 amide bonds. The molecule has 3 rings (SSSR count). The molecule has 0 radical (unpaired) electrons. The van der Waals surface area contributed by atoms with E-state index in [9.17, 15) is 4.79 Å². The van der Waals surface area contributed by atoms with Crippen molar-refractivity contribution in [1.29, 1.82) is 0 Å². The molecule has 2 aromatic heterocycles. The van der Waals surface area contributed by atoms with Gasteiger partial charge in [0.2, 0.25) is 0 Å². The van der Waals surface area contributed by atoms with Crippen molar-refractivity contribution in [1.82, 2.24) is 14.3 Å². The minimum Gasteiger partial charge on any atom is -0.341 e. The summed E-state index contributed by atoms with van der Waals surface area (Å²) in [6.45, 7) is 2.55. The Morgan fingerprint density at radius 2 is 2.15 bits per heavy atom. The van der Waals surface area contributed by atoms with E-state index in [0.717, 1.165) is 28.6 Å². The molecule has 0 fully saturated rings. The fourth-order valence-electron chi connectivity index (χ4n) is 2.44. The van der Waals surface area contributed by atoms with Crippen LogP contribution in [0.15, 0.2) is 30.5 Å². The van der Waals surface area contributed by atoms with E-state index >= 15 is 0 Å². The van der Waals surface area contributed by atoms with Crippen LogP contribution < -0.4 is 0 Å². The number of nitrogens with zero attached hydrogens (tertiary/aromatic N) is 3. The molecule has 102 valence electrons. The van der Waals surface area contributed by atoms with E-state index in [1.807, 2.05) is 49.1 Å². The molecule has 0 aliphatic rings. The fourth-order valence-corrected chi connectivity index (χ4v) is 2.66. The highest BCUT2D eigenvalue weighted by Crippen LogP contribution is 2.23. The van der Waals surface area contributed by atoms with Crippen LogP contribution in [0.3, 0.4) is 0 Å². The summed E-state index contributed by atoms with van der Waals surface area (Å²) in [5.41, 5.74) is 3.57. The number of aldehydes is 1. The van der Waals surface area contributed by atoms with E-state index in [4.69, 9.17) is 11.6 Å². The first-order valence-corrected chi connectivity index (χ1v) is 6.70. The quantitative estimate of drug-likeness (QED) is 0.694. The van der Waals surface area contributed by atoms with Gasteiger partial charge in [-0.15, -0.1) is 0 Å². The Morgan fingerprint density at radius 3 is 2.80 bits per heavy atom. The van der Waals surface area contributed by atoms with Crippen LogP contribution in [-0.4, -0.2) is 20.6 Å². The fraction of sp³-hybridized carbons (Fsp3) is 0.200. The van der Waals surface area contributed by atoms with Gasteiger partial charge in [-0.05, 0) is 31.2 Å². The third-order valence-corrected chi connectivity index (χ3v) is 4.00. The Balaban J connectivity index is 2.05. The molecule has 0 N–H and O–H groups in total. The predicted octanol–water partition coefficient (Wildman–Crippen LogP) is 3.20. The van der Waals surface area contributed by atoms with Gasteiger partial charge in [-0.3, -0.25) is 9.48 Å². The summed E-state index contributed by atoms with van der Waals surface area (Å²) in [5.74, 6) is 0. The zero-order valence-corrected chi connectivity index (χ0v) is 12.1. The molecule has 0 unspecified atom stereocenters. The van der Waals surface area contributed by atoms with Gasteiger partial charge in [-0.1, -0.05) is 11.6 Å². The molecule has 0 aliphatic carbocycles. The molecule has 3 aromatic rings. The number of aryl methyl sites for hydroxylation is 2. The minimum absolute atomic E-state index is 0.653. The number of carbonyl (C=O) groups excluding carboxylic acids is 1. The van der Waals surface area contributed by atoms with Crippen LogP contribution in [0, 0.1) is 6.92 Å². The van der Waals surface area contributed by atoms with Crippen molar-refractivity contribution in [3.05, 3.63) is 52.4 Å². The lowest BCUT2D eigenvalue weighted by Crippen LogP contribution is -2.05. The van der Waals surface area contributed by atoms with Gasteiger partial charge in [0.15, 0.2) is 0 Å². The maximum absolute atomic E-state index is 10.8. The number of rotatable bonds is 3. The molecule has 0 saturated heterocycles. The van der Waals surface area contributed by atoms with E-state index in [1.54, 1.807) is 0 Å². The van der Waals surface area contributed by atoms with Crippen LogP contribution in [0.25, 0.3) is 10.9 Å². The van der Waals surface area contributed by atoms with E-state index in [-0.39, 0.29) is 0 Å². The molecule has 0 bridgehead atoms. The summed E-state index contributed by atoms with van der Waals surface area (Å²) in [4.78, 5) is 10.8. The second-order valence-corrected chi connectivity index (χ2v) is 5.23. The highest BCUT2D eigenvalue weighted by molar-refractivity contribution is 6.31. The van der Waals surface area contributed by atoms with Crippen LogP contribution in [0.2, 0.25) is 5.02 Å². The number of aromatic nitrogens is 3. The van der Waals surface area contributed by atoms with Gasteiger partial charge in [0.25, 0.3) is 0 Å². The molecular formula is C15H14ClN3O. The lowest BCUT2D eigenvalue weighted by Gasteiger charge is -2.07. The highest BCUT2D eigenvalue weighted by Gasteiger charge is 2.12. The van der Waals surface area contributed by atoms with Gasteiger partial charge >= 0.3 is 0 Å². The van der Waals surface area contributed by atoms with Crippen molar-refractivity contribution in [3.8, 4) is 0 Å². The van der Waals surface area contributed by atoms with Crippen LogP contribution in [0.1, 0.15) is 21.7 Å². The third-order valence-electron chi connectivity index (χ3n) is 3.51. The third kappa shape index (κ3) is 2.02. The van der Waals surface area contributed by atoms with E-state index in [0.29, 0.717) is 17.1 Å². The van der Waals surface area contributed by atoms with Crippen molar-refractivity contribution in [2.75, 3.05) is 0 Å². The summed E-state index contributed by atoms with van der Waals surface area (Å²) in [5, 5.41) is 6.08. The molecule has 0 atom stereocenters. The van der Waals surface area contributed by atoms with Crippen molar-refractivity contribution in [3.63, 3.8) is 0 Å². The number of hydrogen-bond donors (Lipinski definition) is 0. The predicted molar refractivity (Wildman–Crippen MR) is 79.4 cm³/mol. The van der Waals surface area contributed by atoms with Gasteiger partial charge in [0.1, 0.15) is 6.29 Å². The number of carbonyl (C=O) groups is 1. The van der Waals surface area contributed by atoms with Crippen LogP contribution >= 0.6 is 11.6 Å². The maximum Gasteiger partial charge on any atom is 0.150 e. The summed E-state index contributed by atoms with van der Waals surface area (Å²) >= 11 is 6.29. The van der Waals surface area contributed by atoms with Gasteiger partial charge in [-0.25, -0.2) is 0 Å². The number of hydrogen-bond acceptors (Lipinski definition) is 2. The molecule has 0 spiro atoms. The van der Waals surface area contributed by atoms with Crippen LogP contribution in [0.5, 0.6) is 0 Å².